The maximum atomic E-state index is 12.3. The smallest absolute Gasteiger partial charge is 0.305 e. The third-order valence-corrected chi connectivity index (χ3v) is 4.28. The number of amides is 2. The summed E-state index contributed by atoms with van der Waals surface area (Å²) in [6, 6.07) is -2.22. The molecule has 0 aliphatic carbocycles. The van der Waals surface area contributed by atoms with Crippen molar-refractivity contribution in [2.45, 2.75) is 56.5 Å². The van der Waals surface area contributed by atoms with Crippen LogP contribution in [0.1, 0.15) is 33.1 Å². The molecule has 0 bridgehead atoms. The summed E-state index contributed by atoms with van der Waals surface area (Å²) in [6.07, 6.45) is 0.477. The summed E-state index contributed by atoms with van der Waals surface area (Å²) >= 11 is 0. The molecule has 0 spiro atoms. The zero-order valence-electron chi connectivity index (χ0n) is 15.3. The maximum Gasteiger partial charge on any atom is 0.305 e. The van der Waals surface area contributed by atoms with Crippen molar-refractivity contribution in [3.63, 3.8) is 0 Å². The van der Waals surface area contributed by atoms with Crippen LogP contribution in [0.2, 0.25) is 0 Å². The minimum Gasteiger partial charge on any atom is -0.481 e. The van der Waals surface area contributed by atoms with Crippen molar-refractivity contribution >= 4 is 17.8 Å². The van der Waals surface area contributed by atoms with Crippen molar-refractivity contribution in [3.8, 4) is 0 Å². The number of nitrogens with one attached hydrogen (secondary N) is 3. The molecule has 27 heavy (non-hydrogen) atoms. The molecule has 0 aromatic heterocycles. The third-order valence-electron chi connectivity index (χ3n) is 4.28. The molecule has 12 nitrogen and oxygen atoms in total. The molecule has 0 radical (unpaired) electrons. The van der Waals surface area contributed by atoms with Gasteiger partial charge in [0.05, 0.1) is 13.0 Å². The summed E-state index contributed by atoms with van der Waals surface area (Å²) in [7, 11) is 0. The Morgan fingerprint density at radius 2 is 1.48 bits per heavy atom. The van der Waals surface area contributed by atoms with Crippen LogP contribution in [0.15, 0.2) is 20.5 Å². The van der Waals surface area contributed by atoms with Crippen molar-refractivity contribution in [2.75, 3.05) is 19.7 Å². The van der Waals surface area contributed by atoms with Crippen LogP contribution >= 0.6 is 0 Å². The van der Waals surface area contributed by atoms with Gasteiger partial charge < -0.3 is 26.2 Å². The van der Waals surface area contributed by atoms with E-state index in [0.29, 0.717) is 19.4 Å². The lowest BCUT2D eigenvalue weighted by atomic mass is 10.1. The first-order valence-electron chi connectivity index (χ1n) is 8.69. The molecular weight excluding hydrogens is 358 g/mol. The van der Waals surface area contributed by atoms with E-state index < -0.39 is 54.2 Å². The summed E-state index contributed by atoms with van der Waals surface area (Å²) in [5, 5.41) is 41.5. The number of aliphatic carboxylic acids is 1. The topological polar surface area (TPSA) is 177 Å². The van der Waals surface area contributed by atoms with Crippen LogP contribution in [-0.2, 0) is 14.4 Å². The predicted octanol–water partition coefficient (Wildman–Crippen LogP) is -0.843. The van der Waals surface area contributed by atoms with Gasteiger partial charge in [0.1, 0.15) is 12.1 Å². The van der Waals surface area contributed by atoms with E-state index in [-0.39, 0.29) is 6.54 Å². The van der Waals surface area contributed by atoms with Crippen LogP contribution in [-0.4, -0.2) is 71.1 Å². The summed E-state index contributed by atoms with van der Waals surface area (Å²) in [5.74, 6) is -2.50. The van der Waals surface area contributed by atoms with E-state index in [0.717, 1.165) is 0 Å². The Kier molecular flexibility index (Phi) is 6.54. The van der Waals surface area contributed by atoms with E-state index >= 15 is 0 Å². The summed E-state index contributed by atoms with van der Waals surface area (Å²) < 4.78 is 0. The molecule has 150 valence electrons. The molecular formula is C15H25N7O5. The van der Waals surface area contributed by atoms with E-state index in [2.05, 4.69) is 36.4 Å². The third kappa shape index (κ3) is 6.98. The lowest BCUT2D eigenvalue weighted by Crippen LogP contribution is -2.54. The highest BCUT2D eigenvalue weighted by Gasteiger charge is 2.35. The molecule has 0 saturated carbocycles. The van der Waals surface area contributed by atoms with E-state index in [9.17, 15) is 19.5 Å². The van der Waals surface area contributed by atoms with Crippen LogP contribution in [0.3, 0.4) is 0 Å². The van der Waals surface area contributed by atoms with Gasteiger partial charge in [-0.1, -0.05) is 0 Å². The van der Waals surface area contributed by atoms with Gasteiger partial charge in [0.2, 0.25) is 11.8 Å². The Labute approximate surface area is 155 Å². The predicted molar refractivity (Wildman–Crippen MR) is 91.8 cm³/mol. The number of hydrogen-bond donors (Lipinski definition) is 5. The van der Waals surface area contributed by atoms with Gasteiger partial charge in [0, 0.05) is 25.9 Å². The molecule has 2 aliphatic heterocycles. The van der Waals surface area contributed by atoms with Gasteiger partial charge in [-0.15, -0.1) is 0 Å². The van der Waals surface area contributed by atoms with Crippen LogP contribution < -0.4 is 16.0 Å². The highest BCUT2D eigenvalue weighted by molar-refractivity contribution is 5.92. The number of carboxylic acid groups (broad SMARTS) is 1. The van der Waals surface area contributed by atoms with Crippen LogP contribution in [0, 0.1) is 0 Å². The van der Waals surface area contributed by atoms with Gasteiger partial charge >= 0.3 is 5.97 Å². The minimum atomic E-state index is -1.25. The minimum absolute atomic E-state index is 0.252. The highest BCUT2D eigenvalue weighted by Crippen LogP contribution is 2.30. The quantitative estimate of drug-likeness (QED) is 0.277. The first-order chi connectivity index (χ1) is 12.7. The molecule has 0 aromatic carbocycles. The number of carboxylic acids is 1. The molecule has 0 saturated heterocycles. The molecule has 2 rings (SSSR count). The number of carbonyl (C=O) groups excluding carboxylic acids is 2. The van der Waals surface area contributed by atoms with Gasteiger partial charge in [-0.25, -0.2) is 0 Å². The zero-order valence-corrected chi connectivity index (χ0v) is 15.3. The maximum absolute atomic E-state index is 12.3. The summed E-state index contributed by atoms with van der Waals surface area (Å²) in [5.41, 5.74) is -0.923. The molecule has 2 amide bonds. The number of hydrogen-bond acceptors (Lipinski definition) is 9. The Balaban J connectivity index is 1.80. The Morgan fingerprint density at radius 3 is 1.96 bits per heavy atom. The fourth-order valence-electron chi connectivity index (χ4n) is 2.30. The standard InChI is InChI=1S/C15H25N7O5/c1-14(19-20-14)3-5-16-10(8-23)13(27)18-9(7-11(24)25)12(26)17-6-4-15(2)21-22-15/h9-10,16,23H,3-8H2,1-2H3,(H,17,26)(H,18,27)(H,24,25)/t9-,10-/m0/s1. The Hall–Kier alpha value is -2.47. The molecule has 2 heterocycles. The van der Waals surface area contributed by atoms with Gasteiger partial charge in [-0.3, -0.25) is 14.4 Å². The average molecular weight is 383 g/mol. The molecule has 0 aromatic rings. The largest absolute Gasteiger partial charge is 0.481 e. The van der Waals surface area contributed by atoms with E-state index in [1.165, 1.54) is 0 Å². The SMILES string of the molecule is CC1(CCNC(=O)[C@H](CC(=O)O)NC(=O)[C@H](CO)NCCC2(C)N=N2)N=N1. The first kappa shape index (κ1) is 20.8. The normalized spacial score (nSPS) is 19.8. The van der Waals surface area contributed by atoms with Crippen molar-refractivity contribution in [3.05, 3.63) is 0 Å². The van der Waals surface area contributed by atoms with E-state index in [1.54, 1.807) is 6.92 Å². The fourth-order valence-corrected chi connectivity index (χ4v) is 2.30. The van der Waals surface area contributed by atoms with E-state index in [1.807, 2.05) is 6.92 Å². The second-order valence-electron chi connectivity index (χ2n) is 6.97. The second kappa shape index (κ2) is 8.48. The fraction of sp³-hybridized carbons (Fsp3) is 0.800. The Bertz CT molecular complexity index is 638. The van der Waals surface area contributed by atoms with Gasteiger partial charge in [-0.05, 0) is 13.8 Å². The van der Waals surface area contributed by atoms with Crippen LogP contribution in [0.4, 0.5) is 0 Å². The zero-order chi connectivity index (χ0) is 20.1. The van der Waals surface area contributed by atoms with Crippen molar-refractivity contribution in [1.82, 2.24) is 16.0 Å². The number of rotatable bonds is 13. The lowest BCUT2D eigenvalue weighted by molar-refractivity contribution is -0.140. The van der Waals surface area contributed by atoms with Crippen LogP contribution in [0.25, 0.3) is 0 Å². The number of carbonyl (C=O) groups is 3. The van der Waals surface area contributed by atoms with Crippen molar-refractivity contribution < 1.29 is 24.6 Å². The molecule has 0 unspecified atom stereocenters. The van der Waals surface area contributed by atoms with E-state index in [4.69, 9.17) is 5.11 Å². The summed E-state index contributed by atoms with van der Waals surface area (Å²) in [4.78, 5) is 35.5. The lowest BCUT2D eigenvalue weighted by Gasteiger charge is -2.21. The molecule has 0 fully saturated rings. The summed E-state index contributed by atoms with van der Waals surface area (Å²) in [6.45, 7) is 3.76. The van der Waals surface area contributed by atoms with Gasteiger partial charge in [0.25, 0.3) is 0 Å². The van der Waals surface area contributed by atoms with Gasteiger partial charge in [0.15, 0.2) is 11.3 Å². The van der Waals surface area contributed by atoms with Gasteiger partial charge in [-0.2, -0.15) is 20.5 Å². The number of aliphatic hydroxyl groups is 1. The highest BCUT2D eigenvalue weighted by atomic mass is 16.4. The molecule has 5 N–H and O–H groups in total. The molecule has 2 atom stereocenters. The average Bonchev–Trinajstić information content (AvgIpc) is 3.50. The second-order valence-corrected chi connectivity index (χ2v) is 6.97. The number of aliphatic hydroxyl groups excluding tert-OH is 1. The van der Waals surface area contributed by atoms with Crippen LogP contribution in [0.5, 0.6) is 0 Å². The van der Waals surface area contributed by atoms with Crippen molar-refractivity contribution in [1.29, 1.82) is 0 Å². The molecule has 12 heteroatoms. The van der Waals surface area contributed by atoms with Crippen molar-refractivity contribution in [2.24, 2.45) is 20.5 Å². The Morgan fingerprint density at radius 1 is 0.926 bits per heavy atom. The monoisotopic (exact) mass is 383 g/mol. The molecule has 2 aliphatic rings. The first-order valence-corrected chi connectivity index (χ1v) is 8.69. The number of nitrogens with zero attached hydrogens (tertiary/aromatic N) is 4.